The van der Waals surface area contributed by atoms with Crippen molar-refractivity contribution < 1.29 is 9.59 Å². The Morgan fingerprint density at radius 1 is 0.917 bits per heavy atom. The number of hydrogen-bond acceptors (Lipinski definition) is 7. The lowest BCUT2D eigenvalue weighted by Crippen LogP contribution is -2.36. The zero-order chi connectivity index (χ0) is 17.9. The van der Waals surface area contributed by atoms with Gasteiger partial charge in [-0.05, 0) is 25.0 Å². The monoisotopic (exact) mass is 337 g/mol. The van der Waals surface area contributed by atoms with Crippen molar-refractivity contribution >= 4 is 11.8 Å². The van der Waals surface area contributed by atoms with E-state index in [4.69, 9.17) is 22.9 Å². The van der Waals surface area contributed by atoms with E-state index in [1.165, 1.54) is 0 Å². The molecular formula is C15H27N7O2. The molecule has 134 valence electrons. The van der Waals surface area contributed by atoms with Crippen LogP contribution in [0.3, 0.4) is 0 Å². The normalized spacial score (nSPS) is 13.2. The van der Waals surface area contributed by atoms with Crippen LogP contribution >= 0.6 is 0 Å². The average Bonchev–Trinajstić information content (AvgIpc) is 2.61. The number of nitrogens with one attached hydrogen (secondary N) is 2. The summed E-state index contributed by atoms with van der Waals surface area (Å²) in [5.74, 6) is -0.724. The maximum atomic E-state index is 12.0. The maximum Gasteiger partial charge on any atom is 0.269 e. The van der Waals surface area contributed by atoms with Gasteiger partial charge >= 0.3 is 0 Å². The summed E-state index contributed by atoms with van der Waals surface area (Å²) in [6.45, 7) is 1.51. The molecule has 1 rings (SSSR count). The van der Waals surface area contributed by atoms with E-state index in [0.717, 1.165) is 0 Å². The molecule has 2 unspecified atom stereocenters. The highest BCUT2D eigenvalue weighted by molar-refractivity contribution is 5.96. The number of carbonyl (C=O) groups is 2. The van der Waals surface area contributed by atoms with E-state index >= 15 is 0 Å². The summed E-state index contributed by atoms with van der Waals surface area (Å²) in [6.07, 6.45) is 1.15. The third kappa shape index (κ3) is 7.01. The van der Waals surface area contributed by atoms with Crippen LogP contribution in [0.4, 0.5) is 0 Å². The zero-order valence-electron chi connectivity index (χ0n) is 13.7. The minimum atomic E-state index is -0.362. The van der Waals surface area contributed by atoms with Crippen LogP contribution in [0.2, 0.25) is 0 Å². The van der Waals surface area contributed by atoms with Crippen molar-refractivity contribution in [2.75, 3.05) is 26.2 Å². The third-order valence-electron chi connectivity index (χ3n) is 3.42. The largest absolute Gasteiger partial charge is 0.351 e. The smallest absolute Gasteiger partial charge is 0.269 e. The lowest BCUT2D eigenvalue weighted by Gasteiger charge is -2.11. The Bertz CT molecular complexity index is 495. The van der Waals surface area contributed by atoms with Gasteiger partial charge in [0.05, 0.1) is 0 Å². The second kappa shape index (κ2) is 10.7. The summed E-state index contributed by atoms with van der Waals surface area (Å²) >= 11 is 0. The second-order valence-electron chi connectivity index (χ2n) is 5.49. The lowest BCUT2D eigenvalue weighted by molar-refractivity contribution is 0.0943. The molecule has 2 atom stereocenters. The fraction of sp³-hybridized carbons (Fsp3) is 0.533. The molecule has 1 aromatic heterocycles. The van der Waals surface area contributed by atoms with Crippen molar-refractivity contribution in [2.24, 2.45) is 22.9 Å². The molecule has 24 heavy (non-hydrogen) atoms. The van der Waals surface area contributed by atoms with E-state index < -0.39 is 0 Å². The van der Waals surface area contributed by atoms with Crippen LogP contribution in [0, 0.1) is 0 Å². The molecule has 0 aliphatic carbocycles. The van der Waals surface area contributed by atoms with Gasteiger partial charge in [-0.2, -0.15) is 0 Å². The van der Waals surface area contributed by atoms with E-state index in [-0.39, 0.29) is 35.3 Å². The number of pyridine rings is 1. The first kappa shape index (κ1) is 20.0. The van der Waals surface area contributed by atoms with Crippen molar-refractivity contribution in [3.63, 3.8) is 0 Å². The summed E-state index contributed by atoms with van der Waals surface area (Å²) in [7, 11) is 0. The number of nitrogens with two attached hydrogens (primary N) is 4. The molecule has 9 nitrogen and oxygen atoms in total. The van der Waals surface area contributed by atoms with Crippen LogP contribution in [0.1, 0.15) is 33.8 Å². The van der Waals surface area contributed by atoms with Gasteiger partial charge < -0.3 is 33.6 Å². The Morgan fingerprint density at radius 2 is 1.33 bits per heavy atom. The van der Waals surface area contributed by atoms with E-state index in [1.807, 2.05) is 0 Å². The quantitative estimate of drug-likeness (QED) is 0.283. The highest BCUT2D eigenvalue weighted by Crippen LogP contribution is 2.00. The van der Waals surface area contributed by atoms with Crippen molar-refractivity contribution in [2.45, 2.75) is 24.9 Å². The van der Waals surface area contributed by atoms with Crippen molar-refractivity contribution in [3.8, 4) is 0 Å². The third-order valence-corrected chi connectivity index (χ3v) is 3.42. The molecule has 0 fully saturated rings. The highest BCUT2D eigenvalue weighted by atomic mass is 16.2. The standard InChI is InChI=1S/C15H27N7O2/c16-8-10(18)4-6-20-14(23)12-2-1-3-13(22-12)15(24)21-7-5-11(19)9-17/h1-3,10-11H,4-9,16-19H2,(H,20,23)(H,21,24). The average molecular weight is 337 g/mol. The molecule has 0 aliphatic rings. The van der Waals surface area contributed by atoms with Gasteiger partial charge in [-0.1, -0.05) is 6.07 Å². The fourth-order valence-electron chi connectivity index (χ4n) is 1.85. The Labute approximate surface area is 141 Å². The number of amides is 2. The maximum absolute atomic E-state index is 12.0. The van der Waals surface area contributed by atoms with Gasteiger partial charge in [-0.25, -0.2) is 4.98 Å². The lowest BCUT2D eigenvalue weighted by atomic mass is 10.2. The van der Waals surface area contributed by atoms with Gasteiger partial charge in [-0.3, -0.25) is 9.59 Å². The zero-order valence-corrected chi connectivity index (χ0v) is 13.7. The molecule has 0 saturated carbocycles. The van der Waals surface area contributed by atoms with Gasteiger partial charge in [0.2, 0.25) is 0 Å². The van der Waals surface area contributed by atoms with Crippen LogP contribution in [-0.2, 0) is 0 Å². The first-order chi connectivity index (χ1) is 11.5. The summed E-state index contributed by atoms with van der Waals surface area (Å²) in [6, 6.07) is 4.37. The summed E-state index contributed by atoms with van der Waals surface area (Å²) in [5.41, 5.74) is 22.5. The number of nitrogens with zero attached hydrogens (tertiary/aromatic N) is 1. The minimum absolute atomic E-state index is 0.157. The fourth-order valence-corrected chi connectivity index (χ4v) is 1.85. The second-order valence-corrected chi connectivity index (χ2v) is 5.49. The number of hydrogen-bond donors (Lipinski definition) is 6. The van der Waals surface area contributed by atoms with Crippen LogP contribution in [0.5, 0.6) is 0 Å². The summed E-state index contributed by atoms with van der Waals surface area (Å²) < 4.78 is 0. The number of carbonyl (C=O) groups excluding carboxylic acids is 2. The molecule has 0 saturated heterocycles. The Kier molecular flexibility index (Phi) is 8.87. The van der Waals surface area contributed by atoms with Crippen LogP contribution in [0.25, 0.3) is 0 Å². The molecule has 10 N–H and O–H groups in total. The first-order valence-corrected chi connectivity index (χ1v) is 7.92. The first-order valence-electron chi connectivity index (χ1n) is 7.92. The summed E-state index contributed by atoms with van der Waals surface area (Å²) in [4.78, 5) is 28.1. The predicted molar refractivity (Wildman–Crippen MR) is 92.2 cm³/mol. The molecule has 0 aromatic carbocycles. The Hall–Kier alpha value is -2.07. The predicted octanol–water partition coefficient (Wildman–Crippen LogP) is -2.11. The van der Waals surface area contributed by atoms with Gasteiger partial charge in [0, 0.05) is 38.3 Å². The Morgan fingerprint density at radius 3 is 1.71 bits per heavy atom. The molecule has 0 aliphatic heterocycles. The molecule has 0 radical (unpaired) electrons. The van der Waals surface area contributed by atoms with E-state index in [0.29, 0.717) is 39.0 Å². The molecule has 0 bridgehead atoms. The number of rotatable bonds is 10. The van der Waals surface area contributed by atoms with Gasteiger partial charge in [0.25, 0.3) is 11.8 Å². The van der Waals surface area contributed by atoms with Crippen molar-refractivity contribution in [1.29, 1.82) is 0 Å². The molecular weight excluding hydrogens is 310 g/mol. The molecule has 0 spiro atoms. The Balaban J connectivity index is 2.52. The van der Waals surface area contributed by atoms with Gasteiger partial charge in [0.15, 0.2) is 0 Å². The molecule has 9 heteroatoms. The minimum Gasteiger partial charge on any atom is -0.351 e. The van der Waals surface area contributed by atoms with E-state index in [2.05, 4.69) is 15.6 Å². The van der Waals surface area contributed by atoms with Crippen LogP contribution in [0.15, 0.2) is 18.2 Å². The molecule has 1 heterocycles. The van der Waals surface area contributed by atoms with Crippen molar-refractivity contribution in [1.82, 2.24) is 15.6 Å². The number of aromatic nitrogens is 1. The van der Waals surface area contributed by atoms with Gasteiger partial charge in [-0.15, -0.1) is 0 Å². The SMILES string of the molecule is NCC(N)CCNC(=O)c1cccc(C(=O)NCCC(N)CN)n1. The van der Waals surface area contributed by atoms with Crippen molar-refractivity contribution in [3.05, 3.63) is 29.6 Å². The van der Waals surface area contributed by atoms with Gasteiger partial charge in [0.1, 0.15) is 11.4 Å². The van der Waals surface area contributed by atoms with E-state index in [1.54, 1.807) is 18.2 Å². The topological polar surface area (TPSA) is 175 Å². The van der Waals surface area contributed by atoms with E-state index in [9.17, 15) is 9.59 Å². The molecule has 1 aromatic rings. The highest BCUT2D eigenvalue weighted by Gasteiger charge is 2.12. The summed E-state index contributed by atoms with van der Waals surface area (Å²) in [5, 5.41) is 5.39. The van der Waals surface area contributed by atoms with Crippen LogP contribution < -0.4 is 33.6 Å². The van der Waals surface area contributed by atoms with Crippen LogP contribution in [-0.4, -0.2) is 55.1 Å². The molecule has 2 amide bonds.